The highest BCUT2D eigenvalue weighted by molar-refractivity contribution is 7.89. The van der Waals surface area contributed by atoms with E-state index in [0.717, 1.165) is 6.42 Å². The molecular formula is C8H15ClN4O2S. The molecule has 1 heterocycles. The van der Waals surface area contributed by atoms with Gasteiger partial charge in [0.1, 0.15) is 0 Å². The predicted molar refractivity (Wildman–Crippen MR) is 61.7 cm³/mol. The molecule has 0 atom stereocenters. The zero-order valence-electron chi connectivity index (χ0n) is 8.98. The van der Waals surface area contributed by atoms with Gasteiger partial charge < -0.3 is 5.73 Å². The van der Waals surface area contributed by atoms with Crippen molar-refractivity contribution in [2.75, 3.05) is 13.1 Å². The Bertz CT molecular complexity index is 423. The van der Waals surface area contributed by atoms with E-state index in [9.17, 15) is 8.42 Å². The van der Waals surface area contributed by atoms with Crippen molar-refractivity contribution in [1.82, 2.24) is 14.5 Å². The minimum atomic E-state index is -3.58. The van der Waals surface area contributed by atoms with Gasteiger partial charge in [0.05, 0.1) is 11.2 Å². The number of rotatable bonds is 6. The van der Waals surface area contributed by atoms with Gasteiger partial charge in [-0.1, -0.05) is 11.6 Å². The quantitative estimate of drug-likeness (QED) is 0.714. The monoisotopic (exact) mass is 266 g/mol. The lowest BCUT2D eigenvalue weighted by molar-refractivity contribution is 0.559. The van der Waals surface area contributed by atoms with Gasteiger partial charge in [-0.05, 0) is 19.4 Å². The van der Waals surface area contributed by atoms with E-state index in [4.69, 9.17) is 17.3 Å². The van der Waals surface area contributed by atoms with Crippen molar-refractivity contribution in [1.29, 1.82) is 0 Å². The summed E-state index contributed by atoms with van der Waals surface area (Å²) in [5.41, 5.74) is 5.31. The summed E-state index contributed by atoms with van der Waals surface area (Å²) in [7, 11) is -2.05. The summed E-state index contributed by atoms with van der Waals surface area (Å²) in [6, 6.07) is 0. The number of unbranched alkanes of at least 4 members (excludes halogenated alkanes) is 1. The Balaban J connectivity index is 2.71. The minimum Gasteiger partial charge on any atom is -0.330 e. The number of aryl methyl sites for hydroxylation is 1. The molecule has 16 heavy (non-hydrogen) atoms. The maximum Gasteiger partial charge on any atom is 0.259 e. The van der Waals surface area contributed by atoms with Crippen LogP contribution in [0.2, 0.25) is 5.02 Å². The molecule has 0 aromatic carbocycles. The van der Waals surface area contributed by atoms with E-state index in [2.05, 4.69) is 9.82 Å². The molecule has 1 aromatic heterocycles. The van der Waals surface area contributed by atoms with Crippen LogP contribution in [-0.2, 0) is 17.1 Å². The van der Waals surface area contributed by atoms with Crippen molar-refractivity contribution < 1.29 is 8.42 Å². The van der Waals surface area contributed by atoms with Gasteiger partial charge in [-0.2, -0.15) is 5.10 Å². The van der Waals surface area contributed by atoms with Crippen molar-refractivity contribution >= 4 is 21.6 Å². The van der Waals surface area contributed by atoms with Crippen LogP contribution in [0.4, 0.5) is 0 Å². The zero-order valence-corrected chi connectivity index (χ0v) is 10.6. The van der Waals surface area contributed by atoms with Crippen molar-refractivity contribution in [2.45, 2.75) is 17.9 Å². The number of sulfonamides is 1. The van der Waals surface area contributed by atoms with Crippen LogP contribution in [0.1, 0.15) is 12.8 Å². The highest BCUT2D eigenvalue weighted by Crippen LogP contribution is 2.19. The second-order valence-corrected chi connectivity index (χ2v) is 5.40. The molecule has 0 radical (unpaired) electrons. The molecule has 0 aliphatic rings. The highest BCUT2D eigenvalue weighted by Gasteiger charge is 2.21. The van der Waals surface area contributed by atoms with E-state index in [1.165, 1.54) is 17.9 Å². The molecular weight excluding hydrogens is 252 g/mol. The topological polar surface area (TPSA) is 90.0 Å². The average molecular weight is 267 g/mol. The van der Waals surface area contributed by atoms with Gasteiger partial charge in [0.25, 0.3) is 10.0 Å². The number of nitrogens with zero attached hydrogens (tertiary/aromatic N) is 2. The van der Waals surface area contributed by atoms with Crippen molar-refractivity contribution in [2.24, 2.45) is 12.8 Å². The Morgan fingerprint density at radius 3 is 2.75 bits per heavy atom. The molecule has 0 aliphatic carbocycles. The highest BCUT2D eigenvalue weighted by atomic mass is 35.5. The van der Waals surface area contributed by atoms with Crippen LogP contribution in [0, 0.1) is 0 Å². The molecule has 0 aliphatic heterocycles. The second kappa shape index (κ2) is 5.62. The van der Waals surface area contributed by atoms with Crippen LogP contribution in [0.5, 0.6) is 0 Å². The molecule has 3 N–H and O–H groups in total. The van der Waals surface area contributed by atoms with Gasteiger partial charge >= 0.3 is 0 Å². The fraction of sp³-hybridized carbons (Fsp3) is 0.625. The first-order valence-electron chi connectivity index (χ1n) is 4.86. The first-order valence-corrected chi connectivity index (χ1v) is 6.72. The van der Waals surface area contributed by atoms with Crippen molar-refractivity contribution in [3.8, 4) is 0 Å². The lowest BCUT2D eigenvalue weighted by Crippen LogP contribution is -2.27. The summed E-state index contributed by atoms with van der Waals surface area (Å²) >= 11 is 5.75. The summed E-state index contributed by atoms with van der Waals surface area (Å²) in [5, 5.41) is 3.88. The number of hydrogen-bond acceptors (Lipinski definition) is 4. The molecule has 0 saturated heterocycles. The van der Waals surface area contributed by atoms with Crippen molar-refractivity contribution in [3.05, 3.63) is 11.2 Å². The molecule has 0 amide bonds. The maximum atomic E-state index is 11.8. The van der Waals surface area contributed by atoms with E-state index in [1.54, 1.807) is 0 Å². The Kier molecular flexibility index (Phi) is 4.72. The van der Waals surface area contributed by atoms with Crippen LogP contribution >= 0.6 is 11.6 Å². The van der Waals surface area contributed by atoms with Gasteiger partial charge in [0.15, 0.2) is 5.03 Å². The third-order valence-corrected chi connectivity index (χ3v) is 3.99. The smallest absolute Gasteiger partial charge is 0.259 e. The van der Waals surface area contributed by atoms with E-state index < -0.39 is 10.0 Å². The second-order valence-electron chi connectivity index (χ2n) is 3.31. The molecule has 1 aromatic rings. The van der Waals surface area contributed by atoms with Crippen LogP contribution in [0.3, 0.4) is 0 Å². The number of nitrogens with two attached hydrogens (primary N) is 1. The summed E-state index contributed by atoms with van der Waals surface area (Å²) < 4.78 is 27.3. The molecule has 0 fully saturated rings. The van der Waals surface area contributed by atoms with Crippen molar-refractivity contribution in [3.63, 3.8) is 0 Å². The van der Waals surface area contributed by atoms with E-state index >= 15 is 0 Å². The molecule has 0 unspecified atom stereocenters. The lowest BCUT2D eigenvalue weighted by atomic mass is 10.3. The Morgan fingerprint density at radius 2 is 2.25 bits per heavy atom. The molecule has 92 valence electrons. The maximum absolute atomic E-state index is 11.8. The average Bonchev–Trinajstić information content (AvgIpc) is 2.54. The molecule has 0 spiro atoms. The molecule has 6 nitrogen and oxygen atoms in total. The Hall–Kier alpha value is -0.630. The number of halogens is 1. The van der Waals surface area contributed by atoms with Gasteiger partial charge in [-0.25, -0.2) is 13.1 Å². The molecule has 1 rings (SSSR count). The summed E-state index contributed by atoms with van der Waals surface area (Å²) in [6.07, 6.45) is 2.78. The number of aromatic nitrogens is 2. The first-order chi connectivity index (χ1) is 7.49. The van der Waals surface area contributed by atoms with Gasteiger partial charge in [0.2, 0.25) is 0 Å². The van der Waals surface area contributed by atoms with Gasteiger partial charge in [-0.15, -0.1) is 0 Å². The zero-order chi connectivity index (χ0) is 12.2. The third-order valence-electron chi connectivity index (χ3n) is 2.02. The van der Waals surface area contributed by atoms with E-state index in [0.29, 0.717) is 19.5 Å². The Morgan fingerprint density at radius 1 is 1.56 bits per heavy atom. The largest absolute Gasteiger partial charge is 0.330 e. The molecule has 8 heteroatoms. The van der Waals surface area contributed by atoms with Crippen LogP contribution in [0.25, 0.3) is 0 Å². The van der Waals surface area contributed by atoms with E-state index in [-0.39, 0.29) is 10.0 Å². The number of hydrogen-bond donors (Lipinski definition) is 2. The standard InChI is InChI=1S/C8H15ClN4O2S/c1-13-8(7(9)6-11-13)16(14,15)12-5-3-2-4-10/h6,12H,2-5,10H2,1H3. The third kappa shape index (κ3) is 3.18. The van der Waals surface area contributed by atoms with Gasteiger partial charge in [0, 0.05) is 13.6 Å². The predicted octanol–water partition coefficient (Wildman–Crippen LogP) is 0.0907. The SMILES string of the molecule is Cn1ncc(Cl)c1S(=O)(=O)NCCCCN. The van der Waals surface area contributed by atoms with Crippen LogP contribution in [0.15, 0.2) is 11.2 Å². The summed E-state index contributed by atoms with van der Waals surface area (Å²) in [4.78, 5) is 0. The molecule has 0 bridgehead atoms. The minimum absolute atomic E-state index is 0.0121. The fourth-order valence-electron chi connectivity index (χ4n) is 1.25. The normalized spacial score (nSPS) is 11.9. The first kappa shape index (κ1) is 13.4. The fourth-order valence-corrected chi connectivity index (χ4v) is 2.97. The summed E-state index contributed by atoms with van der Waals surface area (Å²) in [5.74, 6) is 0. The summed E-state index contributed by atoms with van der Waals surface area (Å²) in [6.45, 7) is 0.898. The van der Waals surface area contributed by atoms with E-state index in [1.807, 2.05) is 0 Å². The Labute approximate surface area is 99.8 Å². The van der Waals surface area contributed by atoms with Crippen LogP contribution < -0.4 is 10.5 Å². The lowest BCUT2D eigenvalue weighted by Gasteiger charge is -2.06. The van der Waals surface area contributed by atoms with Crippen LogP contribution in [-0.4, -0.2) is 31.3 Å². The molecule has 0 saturated carbocycles. The number of nitrogens with one attached hydrogen (secondary N) is 1. The van der Waals surface area contributed by atoms with Gasteiger partial charge in [-0.3, -0.25) is 4.68 Å².